The van der Waals surface area contributed by atoms with Crippen LogP contribution in [-0.2, 0) is 4.79 Å². The SMILES string of the molecule is Cc1ccnc(N2CCC(C(O)C(=O)NC3CC3)CC2)n1. The van der Waals surface area contributed by atoms with Crippen molar-refractivity contribution in [2.24, 2.45) is 5.92 Å². The number of hydrogen-bond donors (Lipinski definition) is 2. The Balaban J connectivity index is 1.53. The summed E-state index contributed by atoms with van der Waals surface area (Å²) >= 11 is 0. The molecular formula is C15H22N4O2. The molecule has 2 heterocycles. The molecule has 1 amide bonds. The summed E-state index contributed by atoms with van der Waals surface area (Å²) in [5, 5.41) is 13.0. The van der Waals surface area contributed by atoms with Crippen LogP contribution in [0.2, 0.25) is 0 Å². The minimum absolute atomic E-state index is 0.0322. The van der Waals surface area contributed by atoms with Crippen LogP contribution in [0, 0.1) is 12.8 Å². The predicted molar refractivity (Wildman–Crippen MR) is 78.9 cm³/mol. The Hall–Kier alpha value is -1.69. The largest absolute Gasteiger partial charge is 0.383 e. The van der Waals surface area contributed by atoms with Gasteiger partial charge in [-0.3, -0.25) is 4.79 Å². The van der Waals surface area contributed by atoms with Crippen molar-refractivity contribution >= 4 is 11.9 Å². The molecule has 2 fully saturated rings. The van der Waals surface area contributed by atoms with Gasteiger partial charge in [-0.2, -0.15) is 0 Å². The van der Waals surface area contributed by atoms with Crippen LogP contribution in [0.25, 0.3) is 0 Å². The summed E-state index contributed by atoms with van der Waals surface area (Å²) in [4.78, 5) is 22.7. The fourth-order valence-electron chi connectivity index (χ4n) is 2.73. The zero-order valence-electron chi connectivity index (χ0n) is 12.3. The molecule has 1 unspecified atom stereocenters. The number of aliphatic hydroxyl groups is 1. The van der Waals surface area contributed by atoms with E-state index in [0.29, 0.717) is 6.04 Å². The number of aliphatic hydroxyl groups excluding tert-OH is 1. The summed E-state index contributed by atoms with van der Waals surface area (Å²) in [7, 11) is 0. The lowest BCUT2D eigenvalue weighted by Gasteiger charge is -2.33. The van der Waals surface area contributed by atoms with Crippen LogP contribution in [0.5, 0.6) is 0 Å². The monoisotopic (exact) mass is 290 g/mol. The normalized spacial score (nSPS) is 21.1. The maximum absolute atomic E-state index is 11.9. The summed E-state index contributed by atoms with van der Waals surface area (Å²) in [6, 6.07) is 2.18. The first-order valence-corrected chi connectivity index (χ1v) is 7.66. The first-order chi connectivity index (χ1) is 10.1. The molecule has 1 aliphatic heterocycles. The fraction of sp³-hybridized carbons (Fsp3) is 0.667. The Kier molecular flexibility index (Phi) is 4.05. The molecule has 1 aromatic rings. The van der Waals surface area contributed by atoms with Crippen molar-refractivity contribution in [1.29, 1.82) is 0 Å². The molecule has 21 heavy (non-hydrogen) atoms. The molecular weight excluding hydrogens is 268 g/mol. The number of carbonyl (C=O) groups excluding carboxylic acids is 1. The average Bonchev–Trinajstić information content (AvgIpc) is 3.30. The summed E-state index contributed by atoms with van der Waals surface area (Å²) in [5.74, 6) is 0.568. The van der Waals surface area contributed by atoms with Crippen LogP contribution in [0.15, 0.2) is 12.3 Å². The van der Waals surface area contributed by atoms with Gasteiger partial charge in [0.25, 0.3) is 0 Å². The van der Waals surface area contributed by atoms with Crippen molar-refractivity contribution in [2.75, 3.05) is 18.0 Å². The number of hydrogen-bond acceptors (Lipinski definition) is 5. The Morgan fingerprint density at radius 2 is 2.10 bits per heavy atom. The van der Waals surface area contributed by atoms with E-state index in [1.807, 2.05) is 13.0 Å². The van der Waals surface area contributed by atoms with Gasteiger partial charge < -0.3 is 15.3 Å². The number of piperidine rings is 1. The predicted octanol–water partition coefficient (Wildman–Crippen LogP) is 0.641. The summed E-state index contributed by atoms with van der Waals surface area (Å²) < 4.78 is 0. The zero-order chi connectivity index (χ0) is 14.8. The van der Waals surface area contributed by atoms with Crippen LogP contribution in [-0.4, -0.2) is 46.2 Å². The van der Waals surface area contributed by atoms with Gasteiger partial charge in [0.15, 0.2) is 0 Å². The zero-order valence-corrected chi connectivity index (χ0v) is 12.3. The van der Waals surface area contributed by atoms with Crippen LogP contribution in [0.3, 0.4) is 0 Å². The smallest absolute Gasteiger partial charge is 0.249 e. The standard InChI is InChI=1S/C15H22N4O2/c1-10-4-7-16-15(17-10)19-8-5-11(6-9-19)13(20)14(21)18-12-2-3-12/h4,7,11-13,20H,2-3,5-6,8-9H2,1H3,(H,18,21). The van der Waals surface area contributed by atoms with E-state index in [4.69, 9.17) is 0 Å². The summed E-state index contributed by atoms with van der Waals surface area (Å²) in [6.45, 7) is 3.51. The molecule has 0 radical (unpaired) electrons. The molecule has 1 saturated carbocycles. The quantitative estimate of drug-likeness (QED) is 0.851. The lowest BCUT2D eigenvalue weighted by atomic mass is 9.91. The summed E-state index contributed by atoms with van der Waals surface area (Å²) in [6.07, 6.45) is 4.55. The molecule has 2 N–H and O–H groups in total. The third-order valence-corrected chi connectivity index (χ3v) is 4.24. The number of anilines is 1. The first-order valence-electron chi connectivity index (χ1n) is 7.66. The first kappa shape index (κ1) is 14.3. The van der Waals surface area contributed by atoms with Crippen molar-refractivity contribution in [3.05, 3.63) is 18.0 Å². The summed E-state index contributed by atoms with van der Waals surface area (Å²) in [5.41, 5.74) is 0.950. The van der Waals surface area contributed by atoms with Crippen LogP contribution in [0.4, 0.5) is 5.95 Å². The van der Waals surface area contributed by atoms with E-state index in [-0.39, 0.29) is 11.8 Å². The van der Waals surface area contributed by atoms with Crippen molar-refractivity contribution in [3.63, 3.8) is 0 Å². The molecule has 0 aromatic carbocycles. The lowest BCUT2D eigenvalue weighted by molar-refractivity contribution is -0.132. The lowest BCUT2D eigenvalue weighted by Crippen LogP contribution is -2.45. The molecule has 2 aliphatic rings. The topological polar surface area (TPSA) is 78.3 Å². The van der Waals surface area contributed by atoms with Crippen LogP contribution >= 0.6 is 0 Å². The highest BCUT2D eigenvalue weighted by atomic mass is 16.3. The molecule has 114 valence electrons. The molecule has 1 atom stereocenters. The highest BCUT2D eigenvalue weighted by Gasteiger charge is 2.33. The van der Waals surface area contributed by atoms with Crippen molar-refractivity contribution in [3.8, 4) is 0 Å². The number of aromatic nitrogens is 2. The number of rotatable bonds is 4. The van der Waals surface area contributed by atoms with E-state index in [9.17, 15) is 9.90 Å². The number of nitrogens with one attached hydrogen (secondary N) is 1. The third kappa shape index (κ3) is 3.50. The van der Waals surface area contributed by atoms with E-state index in [2.05, 4.69) is 20.2 Å². The second-order valence-electron chi connectivity index (χ2n) is 6.05. The van der Waals surface area contributed by atoms with Crippen molar-refractivity contribution < 1.29 is 9.90 Å². The average molecular weight is 290 g/mol. The Morgan fingerprint density at radius 1 is 1.38 bits per heavy atom. The molecule has 6 nitrogen and oxygen atoms in total. The van der Waals surface area contributed by atoms with Gasteiger partial charge in [-0.1, -0.05) is 0 Å². The molecule has 1 aliphatic carbocycles. The second kappa shape index (κ2) is 5.97. The van der Waals surface area contributed by atoms with Gasteiger partial charge in [-0.05, 0) is 44.6 Å². The van der Waals surface area contributed by atoms with Crippen LogP contribution in [0.1, 0.15) is 31.4 Å². The van der Waals surface area contributed by atoms with Gasteiger partial charge in [0.05, 0.1) is 0 Å². The highest BCUT2D eigenvalue weighted by Crippen LogP contribution is 2.25. The second-order valence-corrected chi connectivity index (χ2v) is 6.05. The fourth-order valence-corrected chi connectivity index (χ4v) is 2.73. The molecule has 1 aromatic heterocycles. The van der Waals surface area contributed by atoms with Gasteiger partial charge >= 0.3 is 0 Å². The van der Waals surface area contributed by atoms with E-state index in [1.165, 1.54) is 0 Å². The van der Waals surface area contributed by atoms with E-state index < -0.39 is 6.10 Å². The van der Waals surface area contributed by atoms with Gasteiger partial charge in [0.2, 0.25) is 11.9 Å². The van der Waals surface area contributed by atoms with E-state index in [0.717, 1.165) is 50.4 Å². The van der Waals surface area contributed by atoms with Crippen molar-refractivity contribution in [2.45, 2.75) is 44.8 Å². The molecule has 0 spiro atoms. The van der Waals surface area contributed by atoms with Crippen LogP contribution < -0.4 is 10.2 Å². The van der Waals surface area contributed by atoms with Gasteiger partial charge in [0, 0.05) is 31.0 Å². The molecule has 3 rings (SSSR count). The molecule has 1 saturated heterocycles. The number of amides is 1. The number of aryl methyl sites for hydroxylation is 1. The minimum Gasteiger partial charge on any atom is -0.383 e. The van der Waals surface area contributed by atoms with Gasteiger partial charge in [-0.25, -0.2) is 9.97 Å². The van der Waals surface area contributed by atoms with Gasteiger partial charge in [-0.15, -0.1) is 0 Å². The number of nitrogens with zero attached hydrogens (tertiary/aromatic N) is 3. The number of carbonyl (C=O) groups is 1. The van der Waals surface area contributed by atoms with E-state index in [1.54, 1.807) is 6.20 Å². The Morgan fingerprint density at radius 3 is 2.71 bits per heavy atom. The Labute approximate surface area is 124 Å². The maximum atomic E-state index is 11.9. The minimum atomic E-state index is -0.883. The van der Waals surface area contributed by atoms with Crippen molar-refractivity contribution in [1.82, 2.24) is 15.3 Å². The third-order valence-electron chi connectivity index (χ3n) is 4.24. The van der Waals surface area contributed by atoms with E-state index >= 15 is 0 Å². The maximum Gasteiger partial charge on any atom is 0.249 e. The van der Waals surface area contributed by atoms with Gasteiger partial charge in [0.1, 0.15) is 6.10 Å². The Bertz CT molecular complexity index is 510. The molecule has 6 heteroatoms. The molecule has 0 bridgehead atoms. The highest BCUT2D eigenvalue weighted by molar-refractivity contribution is 5.81.